The third kappa shape index (κ3) is 7.81. The van der Waals surface area contributed by atoms with E-state index < -0.39 is 5.60 Å². The van der Waals surface area contributed by atoms with Gasteiger partial charge in [-0.15, -0.1) is 0 Å². The quantitative estimate of drug-likeness (QED) is 0.283. The molecule has 0 fully saturated rings. The normalized spacial score (nSPS) is 12.7. The molecule has 7 nitrogen and oxygen atoms in total. The second-order valence-corrected chi connectivity index (χ2v) is 10.5. The summed E-state index contributed by atoms with van der Waals surface area (Å²) in [6, 6.07) is 12.5. The highest BCUT2D eigenvalue weighted by Gasteiger charge is 2.23. The van der Waals surface area contributed by atoms with Gasteiger partial charge in [-0.2, -0.15) is 0 Å². The maximum absolute atomic E-state index is 12.8. The molecule has 0 aliphatic carbocycles. The van der Waals surface area contributed by atoms with Gasteiger partial charge < -0.3 is 24.1 Å². The molecule has 0 saturated heterocycles. The molecule has 0 bridgehead atoms. The fourth-order valence-corrected chi connectivity index (χ4v) is 4.67. The van der Waals surface area contributed by atoms with E-state index in [-0.39, 0.29) is 12.0 Å². The Balaban J connectivity index is 1.71. The standard InChI is InChI=1S/C30H40N2O5/c1-22(34)32-18-15-25-20-23(11-13-27(25)32)24-12-14-28(36-5)26(21-24)10-9-17-31(16-7-6-8-19-33)29(35)37-30(2,3)4/h11-14,19-21H,6-10,15-18H2,1-5H3. The van der Waals surface area contributed by atoms with Crippen LogP contribution in [0.3, 0.4) is 0 Å². The van der Waals surface area contributed by atoms with Gasteiger partial charge in [0.1, 0.15) is 17.6 Å². The minimum Gasteiger partial charge on any atom is -0.496 e. The number of aryl methyl sites for hydroxylation is 1. The number of methoxy groups -OCH3 is 1. The highest BCUT2D eigenvalue weighted by Crippen LogP contribution is 2.34. The van der Waals surface area contributed by atoms with Gasteiger partial charge >= 0.3 is 6.09 Å². The lowest BCUT2D eigenvalue weighted by Crippen LogP contribution is -2.38. The molecular formula is C30H40N2O5. The molecule has 2 amide bonds. The van der Waals surface area contributed by atoms with Gasteiger partial charge in [0.25, 0.3) is 0 Å². The summed E-state index contributed by atoms with van der Waals surface area (Å²) in [5.74, 6) is 0.893. The van der Waals surface area contributed by atoms with E-state index in [4.69, 9.17) is 9.47 Å². The Morgan fingerprint density at radius 1 is 1.03 bits per heavy atom. The molecule has 0 aromatic heterocycles. The Hall–Kier alpha value is -3.35. The van der Waals surface area contributed by atoms with E-state index in [9.17, 15) is 14.4 Å². The minimum atomic E-state index is -0.563. The van der Waals surface area contributed by atoms with Crippen molar-refractivity contribution in [2.24, 2.45) is 0 Å². The van der Waals surface area contributed by atoms with Crippen LogP contribution >= 0.6 is 0 Å². The van der Waals surface area contributed by atoms with Crippen LogP contribution in [0.4, 0.5) is 10.5 Å². The van der Waals surface area contributed by atoms with Crippen molar-refractivity contribution in [3.8, 4) is 16.9 Å². The van der Waals surface area contributed by atoms with E-state index in [0.29, 0.717) is 19.5 Å². The second kappa shape index (κ2) is 12.7. The number of anilines is 1. The molecule has 0 spiro atoms. The average molecular weight is 509 g/mol. The van der Waals surface area contributed by atoms with Gasteiger partial charge in [0.15, 0.2) is 0 Å². The molecule has 1 aliphatic heterocycles. The Bertz CT molecular complexity index is 1110. The summed E-state index contributed by atoms with van der Waals surface area (Å²) in [4.78, 5) is 38.9. The number of ether oxygens (including phenoxy) is 2. The molecule has 0 N–H and O–H groups in total. The smallest absolute Gasteiger partial charge is 0.410 e. The van der Waals surface area contributed by atoms with Gasteiger partial charge in [0.05, 0.1) is 7.11 Å². The number of benzene rings is 2. The van der Waals surface area contributed by atoms with E-state index in [1.54, 1.807) is 18.9 Å². The second-order valence-electron chi connectivity index (χ2n) is 10.5. The van der Waals surface area contributed by atoms with E-state index in [2.05, 4.69) is 24.3 Å². The third-order valence-electron chi connectivity index (χ3n) is 6.49. The van der Waals surface area contributed by atoms with Gasteiger partial charge in [0, 0.05) is 38.7 Å². The van der Waals surface area contributed by atoms with Gasteiger partial charge in [-0.25, -0.2) is 4.79 Å². The van der Waals surface area contributed by atoms with Gasteiger partial charge in [-0.1, -0.05) is 12.1 Å². The number of hydrogen-bond acceptors (Lipinski definition) is 5. The number of hydrogen-bond donors (Lipinski definition) is 0. The van der Waals surface area contributed by atoms with Crippen LogP contribution in [0.2, 0.25) is 0 Å². The number of nitrogens with zero attached hydrogens (tertiary/aromatic N) is 2. The molecule has 2 aromatic carbocycles. The zero-order chi connectivity index (χ0) is 27.0. The minimum absolute atomic E-state index is 0.0717. The summed E-state index contributed by atoms with van der Waals surface area (Å²) in [5, 5.41) is 0. The van der Waals surface area contributed by atoms with Crippen molar-refractivity contribution in [3.63, 3.8) is 0 Å². The Labute approximate surface area is 220 Å². The maximum Gasteiger partial charge on any atom is 0.410 e. The van der Waals surface area contributed by atoms with Gasteiger partial charge in [-0.05, 0) is 99.4 Å². The van der Waals surface area contributed by atoms with Crippen molar-refractivity contribution in [1.82, 2.24) is 4.90 Å². The molecule has 2 aromatic rings. The first-order valence-corrected chi connectivity index (χ1v) is 13.1. The van der Waals surface area contributed by atoms with Crippen LogP contribution < -0.4 is 9.64 Å². The molecule has 1 heterocycles. The van der Waals surface area contributed by atoms with Crippen LogP contribution in [0.1, 0.15) is 64.5 Å². The Morgan fingerprint density at radius 2 is 1.73 bits per heavy atom. The summed E-state index contributed by atoms with van der Waals surface area (Å²) >= 11 is 0. The van der Waals surface area contributed by atoms with E-state index in [0.717, 1.165) is 73.1 Å². The third-order valence-corrected chi connectivity index (χ3v) is 6.49. The number of amides is 2. The predicted octanol–water partition coefficient (Wildman–Crippen LogP) is 5.81. The first-order chi connectivity index (χ1) is 17.6. The number of carbonyl (C=O) groups is 3. The molecular weight excluding hydrogens is 468 g/mol. The molecule has 200 valence electrons. The van der Waals surface area contributed by atoms with Crippen LogP contribution in [-0.4, -0.2) is 55.5 Å². The van der Waals surface area contributed by atoms with Gasteiger partial charge in [-0.3, -0.25) is 4.79 Å². The summed E-state index contributed by atoms with van der Waals surface area (Å²) < 4.78 is 11.2. The van der Waals surface area contributed by atoms with Crippen molar-refractivity contribution in [2.45, 2.75) is 71.8 Å². The van der Waals surface area contributed by atoms with Crippen LogP contribution in [0.25, 0.3) is 11.1 Å². The van der Waals surface area contributed by atoms with Crippen molar-refractivity contribution < 1.29 is 23.9 Å². The lowest BCUT2D eigenvalue weighted by Gasteiger charge is -2.27. The van der Waals surface area contributed by atoms with Crippen LogP contribution in [-0.2, 0) is 27.2 Å². The Morgan fingerprint density at radius 3 is 2.41 bits per heavy atom. The zero-order valence-corrected chi connectivity index (χ0v) is 22.8. The Kier molecular flexibility index (Phi) is 9.73. The lowest BCUT2D eigenvalue weighted by molar-refractivity contribution is -0.116. The molecule has 0 radical (unpaired) electrons. The van der Waals surface area contributed by atoms with E-state index in [1.165, 1.54) is 5.56 Å². The summed E-state index contributed by atoms with van der Waals surface area (Å²) in [7, 11) is 1.67. The predicted molar refractivity (Wildman–Crippen MR) is 146 cm³/mol. The zero-order valence-electron chi connectivity index (χ0n) is 22.8. The van der Waals surface area contributed by atoms with Crippen molar-refractivity contribution in [1.29, 1.82) is 0 Å². The largest absolute Gasteiger partial charge is 0.496 e. The first kappa shape index (κ1) is 28.2. The fraction of sp³-hybridized carbons (Fsp3) is 0.500. The molecule has 0 unspecified atom stereocenters. The number of carbonyl (C=O) groups excluding carboxylic acids is 3. The van der Waals surface area contributed by atoms with E-state index in [1.807, 2.05) is 37.8 Å². The summed E-state index contributed by atoms with van der Waals surface area (Å²) in [6.45, 7) is 9.04. The van der Waals surface area contributed by atoms with Crippen molar-refractivity contribution >= 4 is 24.0 Å². The van der Waals surface area contributed by atoms with Crippen LogP contribution in [0.5, 0.6) is 5.75 Å². The molecule has 0 saturated carbocycles. The number of unbranched alkanes of at least 4 members (excludes halogenated alkanes) is 2. The topological polar surface area (TPSA) is 76.2 Å². The van der Waals surface area contributed by atoms with Crippen molar-refractivity contribution in [2.75, 3.05) is 31.6 Å². The summed E-state index contributed by atoms with van der Waals surface area (Å²) in [5.41, 5.74) is 4.91. The highest BCUT2D eigenvalue weighted by atomic mass is 16.6. The number of aldehydes is 1. The fourth-order valence-electron chi connectivity index (χ4n) is 4.67. The van der Waals surface area contributed by atoms with Crippen molar-refractivity contribution in [3.05, 3.63) is 47.5 Å². The van der Waals surface area contributed by atoms with Crippen LogP contribution in [0.15, 0.2) is 36.4 Å². The lowest BCUT2D eigenvalue weighted by atomic mass is 9.98. The van der Waals surface area contributed by atoms with Gasteiger partial charge in [0.2, 0.25) is 5.91 Å². The SMILES string of the molecule is COc1ccc(-c2ccc3c(c2)CCN3C(C)=O)cc1CCCN(CCCCC=O)C(=O)OC(C)(C)C. The number of fused-ring (bicyclic) bond motifs is 1. The molecule has 0 atom stereocenters. The molecule has 37 heavy (non-hydrogen) atoms. The highest BCUT2D eigenvalue weighted by molar-refractivity contribution is 5.94. The maximum atomic E-state index is 12.8. The first-order valence-electron chi connectivity index (χ1n) is 13.1. The molecule has 7 heteroatoms. The van der Waals surface area contributed by atoms with E-state index >= 15 is 0 Å². The monoisotopic (exact) mass is 508 g/mol. The molecule has 3 rings (SSSR count). The summed E-state index contributed by atoms with van der Waals surface area (Å²) in [6.07, 6.45) is 4.97. The van der Waals surface area contributed by atoms with Crippen LogP contribution in [0, 0.1) is 0 Å². The average Bonchev–Trinajstić information content (AvgIpc) is 3.28. The number of rotatable bonds is 11. The molecule has 1 aliphatic rings.